The van der Waals surface area contributed by atoms with Crippen LogP contribution in [0.1, 0.15) is 0 Å². The van der Waals surface area contributed by atoms with Crippen LogP contribution >= 0.6 is 11.6 Å². The zero-order valence-electron chi connectivity index (χ0n) is 14.9. The molecule has 2 aromatic rings. The van der Waals surface area contributed by atoms with E-state index >= 15 is 0 Å². The smallest absolute Gasteiger partial charge is 0.321 e. The van der Waals surface area contributed by atoms with Crippen molar-refractivity contribution in [3.63, 3.8) is 0 Å². The van der Waals surface area contributed by atoms with Gasteiger partial charge in [0.1, 0.15) is 24.7 Å². The topological polar surface area (TPSA) is 60.0 Å². The van der Waals surface area contributed by atoms with Crippen molar-refractivity contribution in [1.82, 2.24) is 4.90 Å². The van der Waals surface area contributed by atoms with Crippen LogP contribution in [-0.4, -0.2) is 51.5 Å². The zero-order chi connectivity index (χ0) is 18.8. The fourth-order valence-corrected chi connectivity index (χ4v) is 2.16. The number of anilines is 1. The second kappa shape index (κ2) is 10.5. The highest BCUT2D eigenvalue weighted by atomic mass is 35.5. The summed E-state index contributed by atoms with van der Waals surface area (Å²) in [6.07, 6.45) is 0. The summed E-state index contributed by atoms with van der Waals surface area (Å²) in [5.41, 5.74) is 0.694. The van der Waals surface area contributed by atoms with Gasteiger partial charge in [0.2, 0.25) is 0 Å². The lowest BCUT2D eigenvalue weighted by atomic mass is 10.3. The second-order valence-electron chi connectivity index (χ2n) is 5.52. The van der Waals surface area contributed by atoms with Crippen molar-refractivity contribution in [2.75, 3.05) is 45.8 Å². The molecule has 0 unspecified atom stereocenters. The SMILES string of the molecule is COCCOc1ccc(NC(=O)N(C)CCOc2ccc(Cl)cc2)cc1. The Kier molecular flexibility index (Phi) is 8.05. The van der Waals surface area contributed by atoms with Gasteiger partial charge in [0.05, 0.1) is 13.2 Å². The maximum atomic E-state index is 12.2. The van der Waals surface area contributed by atoms with Crippen LogP contribution in [0.15, 0.2) is 48.5 Å². The van der Waals surface area contributed by atoms with Crippen LogP contribution in [0.2, 0.25) is 5.02 Å². The summed E-state index contributed by atoms with van der Waals surface area (Å²) in [5.74, 6) is 1.44. The molecule has 0 spiro atoms. The van der Waals surface area contributed by atoms with E-state index in [1.165, 1.54) is 0 Å². The van der Waals surface area contributed by atoms with E-state index in [4.69, 9.17) is 25.8 Å². The van der Waals surface area contributed by atoms with E-state index in [-0.39, 0.29) is 6.03 Å². The van der Waals surface area contributed by atoms with Crippen LogP contribution < -0.4 is 14.8 Å². The van der Waals surface area contributed by atoms with Crippen LogP contribution in [-0.2, 0) is 4.74 Å². The summed E-state index contributed by atoms with van der Waals surface area (Å²) in [5, 5.41) is 3.48. The molecular weight excluding hydrogens is 356 g/mol. The quantitative estimate of drug-likeness (QED) is 0.672. The van der Waals surface area contributed by atoms with Gasteiger partial charge in [-0.05, 0) is 48.5 Å². The molecule has 0 saturated carbocycles. The number of urea groups is 1. The van der Waals surface area contributed by atoms with E-state index in [2.05, 4.69) is 5.32 Å². The predicted octanol–water partition coefficient (Wildman–Crippen LogP) is 3.91. The third kappa shape index (κ3) is 6.82. The Morgan fingerprint density at radius 1 is 0.962 bits per heavy atom. The number of carbonyl (C=O) groups is 1. The van der Waals surface area contributed by atoms with E-state index in [0.29, 0.717) is 42.8 Å². The Bertz CT molecular complexity index is 677. The minimum Gasteiger partial charge on any atom is -0.492 e. The molecule has 0 aliphatic carbocycles. The van der Waals surface area contributed by atoms with Gasteiger partial charge in [-0.25, -0.2) is 4.79 Å². The predicted molar refractivity (Wildman–Crippen MR) is 102 cm³/mol. The van der Waals surface area contributed by atoms with Crippen molar-refractivity contribution >= 4 is 23.3 Å². The molecule has 0 atom stereocenters. The molecule has 2 aromatic carbocycles. The summed E-state index contributed by atoms with van der Waals surface area (Å²) in [7, 11) is 3.34. The minimum atomic E-state index is -0.210. The summed E-state index contributed by atoms with van der Waals surface area (Å²) in [6.45, 7) is 1.85. The van der Waals surface area contributed by atoms with Crippen molar-refractivity contribution in [2.45, 2.75) is 0 Å². The lowest BCUT2D eigenvalue weighted by molar-refractivity contribution is 0.146. The first-order valence-electron chi connectivity index (χ1n) is 8.21. The number of benzene rings is 2. The summed E-state index contributed by atoms with van der Waals surface area (Å²) in [4.78, 5) is 13.7. The number of nitrogens with zero attached hydrogens (tertiary/aromatic N) is 1. The number of ether oxygens (including phenoxy) is 3. The van der Waals surface area contributed by atoms with Gasteiger partial charge in [-0.2, -0.15) is 0 Å². The third-order valence-corrected chi connectivity index (χ3v) is 3.77. The standard InChI is InChI=1S/C19H23ClN2O4/c1-22(11-12-25-17-7-3-15(20)4-8-17)19(23)21-16-5-9-18(10-6-16)26-14-13-24-2/h3-10H,11-14H2,1-2H3,(H,21,23). The maximum Gasteiger partial charge on any atom is 0.321 e. The molecule has 26 heavy (non-hydrogen) atoms. The number of likely N-dealkylation sites (N-methyl/N-ethyl adjacent to an activating group) is 1. The van der Waals surface area contributed by atoms with Crippen molar-refractivity contribution in [1.29, 1.82) is 0 Å². The number of carbonyl (C=O) groups excluding carboxylic acids is 1. The highest BCUT2D eigenvalue weighted by Crippen LogP contribution is 2.17. The molecule has 0 aliphatic rings. The van der Waals surface area contributed by atoms with Crippen LogP contribution in [0.25, 0.3) is 0 Å². The van der Waals surface area contributed by atoms with Crippen LogP contribution in [0.4, 0.5) is 10.5 Å². The molecule has 2 rings (SSSR count). The average molecular weight is 379 g/mol. The molecule has 0 fully saturated rings. The van der Waals surface area contributed by atoms with Gasteiger partial charge in [0.15, 0.2) is 0 Å². The average Bonchev–Trinajstić information content (AvgIpc) is 2.65. The van der Waals surface area contributed by atoms with Crippen molar-refractivity contribution in [3.8, 4) is 11.5 Å². The fourth-order valence-electron chi connectivity index (χ4n) is 2.03. The number of nitrogens with one attached hydrogen (secondary N) is 1. The molecule has 140 valence electrons. The fraction of sp³-hybridized carbons (Fsp3) is 0.316. The number of hydrogen-bond acceptors (Lipinski definition) is 4. The van der Waals surface area contributed by atoms with Crippen LogP contribution in [0, 0.1) is 0 Å². The molecule has 0 bridgehead atoms. The number of rotatable bonds is 9. The second-order valence-corrected chi connectivity index (χ2v) is 5.96. The highest BCUT2D eigenvalue weighted by Gasteiger charge is 2.09. The number of methoxy groups -OCH3 is 1. The Labute approximate surface area is 158 Å². The molecule has 0 radical (unpaired) electrons. The molecule has 0 aliphatic heterocycles. The van der Waals surface area contributed by atoms with Crippen molar-refractivity contribution in [2.24, 2.45) is 0 Å². The van der Waals surface area contributed by atoms with Gasteiger partial charge in [0, 0.05) is 24.9 Å². The number of hydrogen-bond donors (Lipinski definition) is 1. The molecule has 7 heteroatoms. The van der Waals surface area contributed by atoms with E-state index in [0.717, 1.165) is 5.75 Å². The number of amides is 2. The first kappa shape index (κ1) is 19.9. The lowest BCUT2D eigenvalue weighted by Crippen LogP contribution is -2.34. The summed E-state index contributed by atoms with van der Waals surface area (Å²) in [6, 6.07) is 14.1. The largest absolute Gasteiger partial charge is 0.492 e. The zero-order valence-corrected chi connectivity index (χ0v) is 15.7. The Hall–Kier alpha value is -2.44. The molecule has 2 amide bonds. The molecule has 0 aromatic heterocycles. The molecule has 0 heterocycles. The van der Waals surface area contributed by atoms with Crippen LogP contribution in [0.5, 0.6) is 11.5 Å². The van der Waals surface area contributed by atoms with Gasteiger partial charge >= 0.3 is 6.03 Å². The van der Waals surface area contributed by atoms with Crippen LogP contribution in [0.3, 0.4) is 0 Å². The van der Waals surface area contributed by atoms with E-state index < -0.39 is 0 Å². The Morgan fingerprint density at radius 3 is 2.15 bits per heavy atom. The number of halogens is 1. The van der Waals surface area contributed by atoms with Gasteiger partial charge in [0.25, 0.3) is 0 Å². The molecular formula is C19H23ClN2O4. The molecule has 6 nitrogen and oxygen atoms in total. The minimum absolute atomic E-state index is 0.210. The van der Waals surface area contributed by atoms with Gasteiger partial charge in [-0.1, -0.05) is 11.6 Å². The first-order valence-corrected chi connectivity index (χ1v) is 8.58. The van der Waals surface area contributed by atoms with Crippen molar-refractivity contribution in [3.05, 3.63) is 53.6 Å². The summed E-state index contributed by atoms with van der Waals surface area (Å²) >= 11 is 5.83. The van der Waals surface area contributed by atoms with E-state index in [1.807, 2.05) is 0 Å². The Morgan fingerprint density at radius 2 is 1.54 bits per heavy atom. The van der Waals surface area contributed by atoms with Gasteiger partial charge in [-0.3, -0.25) is 0 Å². The van der Waals surface area contributed by atoms with E-state index in [1.54, 1.807) is 67.6 Å². The van der Waals surface area contributed by atoms with Crippen molar-refractivity contribution < 1.29 is 19.0 Å². The monoisotopic (exact) mass is 378 g/mol. The molecule has 1 N–H and O–H groups in total. The maximum absolute atomic E-state index is 12.2. The lowest BCUT2D eigenvalue weighted by Gasteiger charge is -2.18. The molecule has 0 saturated heterocycles. The normalized spacial score (nSPS) is 10.3. The van der Waals surface area contributed by atoms with Gasteiger partial charge < -0.3 is 24.4 Å². The highest BCUT2D eigenvalue weighted by molar-refractivity contribution is 6.30. The first-order chi connectivity index (χ1) is 12.6. The summed E-state index contributed by atoms with van der Waals surface area (Å²) < 4.78 is 16.0. The third-order valence-electron chi connectivity index (χ3n) is 3.52. The Balaban J connectivity index is 1.73. The van der Waals surface area contributed by atoms with E-state index in [9.17, 15) is 4.79 Å². The van der Waals surface area contributed by atoms with Gasteiger partial charge in [-0.15, -0.1) is 0 Å².